The van der Waals surface area contributed by atoms with Gasteiger partial charge in [-0.05, 0) is 79.3 Å². The largest absolute Gasteiger partial charge is 0.348 e. The van der Waals surface area contributed by atoms with Gasteiger partial charge in [-0.2, -0.15) is 0 Å². The fraction of sp³-hybridized carbons (Fsp3) is 0.538. The highest BCUT2D eigenvalue weighted by atomic mass is 16.2. The molecule has 2 heterocycles. The van der Waals surface area contributed by atoms with E-state index in [1.54, 1.807) is 6.07 Å². The Balaban J connectivity index is 1.43. The number of hydrogen-bond donors (Lipinski definition) is 2. The Kier molecular flexibility index (Phi) is 6.33. The third-order valence-corrected chi connectivity index (χ3v) is 7.01. The summed E-state index contributed by atoms with van der Waals surface area (Å²) in [5, 5.41) is 2.99. The van der Waals surface area contributed by atoms with Gasteiger partial charge >= 0.3 is 0 Å². The van der Waals surface area contributed by atoms with Gasteiger partial charge in [0, 0.05) is 18.8 Å². The highest BCUT2D eigenvalue weighted by Crippen LogP contribution is 2.33. The number of piperidine rings is 1. The van der Waals surface area contributed by atoms with Crippen LogP contribution < -0.4 is 10.9 Å². The zero-order valence-electron chi connectivity index (χ0n) is 19.1. The molecule has 0 saturated carbocycles. The number of carbonyl (C=O) groups is 1. The van der Waals surface area contributed by atoms with Crippen LogP contribution in [0.4, 0.5) is 0 Å². The van der Waals surface area contributed by atoms with Crippen molar-refractivity contribution in [2.45, 2.75) is 66.0 Å². The van der Waals surface area contributed by atoms with Gasteiger partial charge in [0.05, 0.1) is 0 Å². The van der Waals surface area contributed by atoms with Crippen molar-refractivity contribution in [3.8, 4) is 0 Å². The minimum atomic E-state index is -0.296. The first-order chi connectivity index (χ1) is 14.8. The van der Waals surface area contributed by atoms with Crippen LogP contribution >= 0.6 is 0 Å². The molecule has 0 spiro atoms. The van der Waals surface area contributed by atoms with E-state index in [4.69, 9.17) is 0 Å². The molecule has 1 amide bonds. The molecule has 4 rings (SSSR count). The smallest absolute Gasteiger partial charge is 0.261 e. The van der Waals surface area contributed by atoms with Crippen molar-refractivity contribution in [3.05, 3.63) is 68.6 Å². The maximum Gasteiger partial charge on any atom is 0.261 e. The molecule has 0 bridgehead atoms. The van der Waals surface area contributed by atoms with Crippen LogP contribution in [0.5, 0.6) is 0 Å². The van der Waals surface area contributed by atoms with Crippen molar-refractivity contribution in [1.29, 1.82) is 0 Å². The van der Waals surface area contributed by atoms with E-state index in [0.29, 0.717) is 6.54 Å². The van der Waals surface area contributed by atoms with Gasteiger partial charge in [-0.15, -0.1) is 0 Å². The molecular weight excluding hydrogens is 386 g/mol. The lowest BCUT2D eigenvalue weighted by molar-refractivity contribution is 0.0949. The van der Waals surface area contributed by atoms with Crippen LogP contribution in [0.15, 0.2) is 35.1 Å². The molecule has 31 heavy (non-hydrogen) atoms. The van der Waals surface area contributed by atoms with Crippen molar-refractivity contribution >= 4 is 5.91 Å². The number of hydrogen-bond acceptors (Lipinski definition) is 3. The van der Waals surface area contributed by atoms with E-state index in [-0.39, 0.29) is 22.4 Å². The average Bonchev–Trinajstić information content (AvgIpc) is 2.73. The number of nitrogens with one attached hydrogen (secondary N) is 2. The van der Waals surface area contributed by atoms with Gasteiger partial charge in [0.15, 0.2) is 0 Å². The van der Waals surface area contributed by atoms with Crippen LogP contribution in [0.2, 0.25) is 0 Å². The first-order valence-corrected chi connectivity index (χ1v) is 11.6. The number of H-pyrrole nitrogens is 1. The quantitative estimate of drug-likeness (QED) is 0.765. The summed E-state index contributed by atoms with van der Waals surface area (Å²) in [6.45, 7) is 10.4. The predicted molar refractivity (Wildman–Crippen MR) is 124 cm³/mol. The van der Waals surface area contributed by atoms with Crippen LogP contribution in [0, 0.1) is 11.3 Å². The first kappa shape index (κ1) is 21.8. The molecule has 5 nitrogen and oxygen atoms in total. The predicted octanol–water partition coefficient (Wildman–Crippen LogP) is 4.05. The third-order valence-electron chi connectivity index (χ3n) is 7.01. The second-order valence-electron chi connectivity index (χ2n) is 10.3. The lowest BCUT2D eigenvalue weighted by atomic mass is 9.76. The normalized spacial score (nSPS) is 19.1. The summed E-state index contributed by atoms with van der Waals surface area (Å²) >= 11 is 0. The Morgan fingerprint density at radius 3 is 2.65 bits per heavy atom. The van der Waals surface area contributed by atoms with Gasteiger partial charge in [0.25, 0.3) is 11.5 Å². The van der Waals surface area contributed by atoms with Gasteiger partial charge in [-0.1, -0.05) is 45.0 Å². The molecule has 166 valence electrons. The van der Waals surface area contributed by atoms with Gasteiger partial charge in [-0.25, -0.2) is 0 Å². The Morgan fingerprint density at radius 1 is 1.19 bits per heavy atom. The van der Waals surface area contributed by atoms with E-state index in [2.05, 4.69) is 54.2 Å². The first-order valence-electron chi connectivity index (χ1n) is 11.6. The number of carbonyl (C=O) groups excluding carboxylic acids is 1. The summed E-state index contributed by atoms with van der Waals surface area (Å²) in [5.41, 5.74) is 4.58. The summed E-state index contributed by atoms with van der Waals surface area (Å²) < 4.78 is 0. The molecule has 0 unspecified atom stereocenters. The summed E-state index contributed by atoms with van der Waals surface area (Å²) in [4.78, 5) is 30.9. The number of likely N-dealkylation sites (tertiary alicyclic amines) is 1. The Morgan fingerprint density at radius 2 is 1.90 bits per heavy atom. The zero-order valence-corrected chi connectivity index (χ0v) is 19.1. The molecule has 2 N–H and O–H groups in total. The van der Waals surface area contributed by atoms with Crippen LogP contribution in [-0.2, 0) is 25.9 Å². The second-order valence-corrected chi connectivity index (χ2v) is 10.3. The molecule has 1 aliphatic heterocycles. The molecular formula is C26H35N3O2. The van der Waals surface area contributed by atoms with E-state index in [1.165, 1.54) is 18.4 Å². The van der Waals surface area contributed by atoms with E-state index >= 15 is 0 Å². The maximum absolute atomic E-state index is 12.8. The van der Waals surface area contributed by atoms with Gasteiger partial charge in [0.2, 0.25) is 0 Å². The number of pyridine rings is 1. The van der Waals surface area contributed by atoms with Gasteiger partial charge in [0.1, 0.15) is 5.56 Å². The van der Waals surface area contributed by atoms with E-state index in [1.807, 2.05) is 6.07 Å². The van der Waals surface area contributed by atoms with Crippen molar-refractivity contribution < 1.29 is 4.79 Å². The van der Waals surface area contributed by atoms with E-state index < -0.39 is 0 Å². The molecule has 2 aliphatic rings. The molecule has 1 aromatic carbocycles. The van der Waals surface area contributed by atoms with Crippen molar-refractivity contribution in [2.75, 3.05) is 13.1 Å². The molecule has 2 aromatic rings. The number of aromatic nitrogens is 1. The second kappa shape index (κ2) is 8.99. The Labute approximate surface area is 185 Å². The molecule has 0 radical (unpaired) electrons. The monoisotopic (exact) mass is 421 g/mol. The van der Waals surface area contributed by atoms with E-state index in [0.717, 1.165) is 61.6 Å². The zero-order chi connectivity index (χ0) is 22.0. The average molecular weight is 422 g/mol. The van der Waals surface area contributed by atoms with E-state index in [9.17, 15) is 9.59 Å². The van der Waals surface area contributed by atoms with Crippen LogP contribution in [-0.4, -0.2) is 28.9 Å². The fourth-order valence-electron chi connectivity index (χ4n) is 4.82. The topological polar surface area (TPSA) is 65.2 Å². The highest BCUT2D eigenvalue weighted by molar-refractivity contribution is 5.94. The molecule has 1 fully saturated rings. The van der Waals surface area contributed by atoms with Crippen LogP contribution in [0.25, 0.3) is 0 Å². The standard InChI is InChI=1S/C26H35N3O2/c1-18-9-12-29(13-10-18)17-21-7-5-4-6-20(21)16-27-24(30)22-14-19-8-11-26(2,3)15-23(19)28-25(22)31/h4-7,14,18H,8-13,15-17H2,1-3H3,(H,27,30)(H,28,31). The fourth-order valence-corrected chi connectivity index (χ4v) is 4.82. The molecule has 1 aromatic heterocycles. The Hall–Kier alpha value is -2.40. The lowest BCUT2D eigenvalue weighted by Gasteiger charge is -2.31. The van der Waals surface area contributed by atoms with Crippen LogP contribution in [0.1, 0.15) is 72.8 Å². The number of benzene rings is 1. The van der Waals surface area contributed by atoms with Crippen molar-refractivity contribution in [3.63, 3.8) is 0 Å². The number of aromatic amines is 1. The summed E-state index contributed by atoms with van der Waals surface area (Å²) in [7, 11) is 0. The summed E-state index contributed by atoms with van der Waals surface area (Å²) in [5.74, 6) is 0.516. The minimum Gasteiger partial charge on any atom is -0.348 e. The molecule has 1 aliphatic carbocycles. The summed E-state index contributed by atoms with van der Waals surface area (Å²) in [6, 6.07) is 10.1. The number of rotatable bonds is 5. The summed E-state index contributed by atoms with van der Waals surface area (Å²) in [6.07, 6.45) is 5.31. The number of nitrogens with zero attached hydrogens (tertiary/aromatic N) is 1. The number of fused-ring (bicyclic) bond motifs is 1. The van der Waals surface area contributed by atoms with Crippen LogP contribution in [0.3, 0.4) is 0 Å². The Bertz CT molecular complexity index is 1000. The van der Waals surface area contributed by atoms with Crippen molar-refractivity contribution in [1.82, 2.24) is 15.2 Å². The SMILES string of the molecule is CC1CCN(Cc2ccccc2CNC(=O)c2cc3c([nH]c2=O)CC(C)(C)CC3)CC1. The number of aryl methyl sites for hydroxylation is 1. The highest BCUT2D eigenvalue weighted by Gasteiger charge is 2.27. The van der Waals surface area contributed by atoms with Gasteiger partial charge < -0.3 is 10.3 Å². The lowest BCUT2D eigenvalue weighted by Crippen LogP contribution is -2.34. The molecule has 5 heteroatoms. The van der Waals surface area contributed by atoms with Gasteiger partial charge in [-0.3, -0.25) is 14.5 Å². The number of amides is 1. The molecule has 1 saturated heterocycles. The molecule has 0 atom stereocenters. The minimum absolute atomic E-state index is 0.190. The third kappa shape index (κ3) is 5.27. The van der Waals surface area contributed by atoms with Crippen molar-refractivity contribution in [2.24, 2.45) is 11.3 Å². The maximum atomic E-state index is 12.8.